The molecule has 3 N–H and O–H groups in total. The van der Waals surface area contributed by atoms with E-state index in [0.717, 1.165) is 5.56 Å². The van der Waals surface area contributed by atoms with E-state index >= 15 is 0 Å². The molecule has 0 aliphatic carbocycles. The SMILES string of the molecule is Cc1ccccc1C(=O)NC(=S)Nc1ccc(S(=O)(=O)NC(=O)c2ccccc2)cc1. The summed E-state index contributed by atoms with van der Waals surface area (Å²) in [6, 6.07) is 20.8. The molecule has 31 heavy (non-hydrogen) atoms. The highest BCUT2D eigenvalue weighted by molar-refractivity contribution is 7.90. The summed E-state index contributed by atoms with van der Waals surface area (Å²) >= 11 is 5.15. The molecule has 3 aromatic rings. The second-order valence-electron chi connectivity index (χ2n) is 6.55. The summed E-state index contributed by atoms with van der Waals surface area (Å²) in [5.74, 6) is -1.07. The molecular weight excluding hydrogens is 434 g/mol. The van der Waals surface area contributed by atoms with Crippen LogP contribution in [0.15, 0.2) is 83.8 Å². The Bertz CT molecular complexity index is 1230. The molecule has 7 nitrogen and oxygen atoms in total. The van der Waals surface area contributed by atoms with Crippen molar-refractivity contribution in [1.29, 1.82) is 0 Å². The molecular formula is C22H19N3O4S2. The van der Waals surface area contributed by atoms with Crippen LogP contribution < -0.4 is 15.4 Å². The van der Waals surface area contributed by atoms with Crippen molar-refractivity contribution in [2.24, 2.45) is 0 Å². The summed E-state index contributed by atoms with van der Waals surface area (Å²) in [4.78, 5) is 24.4. The smallest absolute Gasteiger partial charge is 0.264 e. The lowest BCUT2D eigenvalue weighted by atomic mass is 10.1. The summed E-state index contributed by atoms with van der Waals surface area (Å²) in [6.07, 6.45) is 0. The van der Waals surface area contributed by atoms with Gasteiger partial charge in [-0.05, 0) is 67.2 Å². The van der Waals surface area contributed by atoms with Crippen molar-refractivity contribution in [3.8, 4) is 0 Å². The maximum atomic E-state index is 12.4. The minimum Gasteiger partial charge on any atom is -0.332 e. The van der Waals surface area contributed by atoms with Crippen LogP contribution >= 0.6 is 12.2 Å². The average Bonchev–Trinajstić information content (AvgIpc) is 2.74. The van der Waals surface area contributed by atoms with Gasteiger partial charge in [-0.1, -0.05) is 36.4 Å². The summed E-state index contributed by atoms with van der Waals surface area (Å²) in [7, 11) is -4.04. The number of anilines is 1. The van der Waals surface area contributed by atoms with Gasteiger partial charge in [0.2, 0.25) is 0 Å². The first-order valence-corrected chi connectivity index (χ1v) is 11.1. The molecule has 0 spiro atoms. The fourth-order valence-corrected chi connectivity index (χ4v) is 3.89. The van der Waals surface area contributed by atoms with E-state index in [0.29, 0.717) is 11.3 Å². The maximum absolute atomic E-state index is 12.4. The quantitative estimate of drug-likeness (QED) is 0.513. The number of sulfonamides is 1. The van der Waals surface area contributed by atoms with E-state index in [4.69, 9.17) is 12.2 Å². The molecule has 0 unspecified atom stereocenters. The van der Waals surface area contributed by atoms with Crippen LogP contribution in [0.3, 0.4) is 0 Å². The molecule has 2 amide bonds. The van der Waals surface area contributed by atoms with Crippen molar-refractivity contribution < 1.29 is 18.0 Å². The minimum absolute atomic E-state index is 0.0706. The third-order valence-corrected chi connectivity index (χ3v) is 5.85. The van der Waals surface area contributed by atoms with Gasteiger partial charge in [-0.25, -0.2) is 13.1 Å². The predicted octanol–water partition coefficient (Wildman–Crippen LogP) is 3.24. The Morgan fingerprint density at radius 1 is 0.806 bits per heavy atom. The summed E-state index contributed by atoms with van der Waals surface area (Å²) < 4.78 is 26.9. The first-order valence-electron chi connectivity index (χ1n) is 9.16. The molecule has 0 bridgehead atoms. The van der Waals surface area contributed by atoms with Gasteiger partial charge in [0.05, 0.1) is 4.90 Å². The number of hydrogen-bond acceptors (Lipinski definition) is 5. The predicted molar refractivity (Wildman–Crippen MR) is 122 cm³/mol. The zero-order valence-electron chi connectivity index (χ0n) is 16.5. The van der Waals surface area contributed by atoms with Gasteiger partial charge < -0.3 is 5.32 Å². The molecule has 0 heterocycles. The lowest BCUT2D eigenvalue weighted by Gasteiger charge is -2.12. The number of amides is 2. The van der Waals surface area contributed by atoms with Crippen molar-refractivity contribution in [2.75, 3.05) is 5.32 Å². The van der Waals surface area contributed by atoms with Gasteiger partial charge in [-0.3, -0.25) is 14.9 Å². The molecule has 0 aliphatic heterocycles. The normalized spacial score (nSPS) is 10.7. The van der Waals surface area contributed by atoms with E-state index in [1.54, 1.807) is 30.3 Å². The van der Waals surface area contributed by atoms with Gasteiger partial charge in [0.1, 0.15) is 0 Å². The highest BCUT2D eigenvalue weighted by atomic mass is 32.2. The monoisotopic (exact) mass is 453 g/mol. The fraction of sp³-hybridized carbons (Fsp3) is 0.0455. The zero-order valence-corrected chi connectivity index (χ0v) is 18.1. The van der Waals surface area contributed by atoms with Crippen LogP contribution in [0.4, 0.5) is 5.69 Å². The van der Waals surface area contributed by atoms with Crippen molar-refractivity contribution in [3.63, 3.8) is 0 Å². The van der Waals surface area contributed by atoms with Gasteiger partial charge in [0.15, 0.2) is 5.11 Å². The molecule has 3 aromatic carbocycles. The van der Waals surface area contributed by atoms with Crippen LogP contribution in [0.5, 0.6) is 0 Å². The van der Waals surface area contributed by atoms with E-state index in [1.807, 2.05) is 23.8 Å². The third-order valence-electron chi connectivity index (χ3n) is 4.30. The molecule has 0 fully saturated rings. The average molecular weight is 454 g/mol. The van der Waals surface area contributed by atoms with E-state index in [1.165, 1.54) is 36.4 Å². The van der Waals surface area contributed by atoms with E-state index in [2.05, 4.69) is 10.6 Å². The molecule has 0 aliphatic rings. The molecule has 0 atom stereocenters. The standard InChI is InChI=1S/C22H19N3O4S2/c1-15-7-5-6-10-19(15)21(27)24-22(30)23-17-11-13-18(14-12-17)31(28,29)25-20(26)16-8-3-2-4-9-16/h2-14H,1H3,(H,25,26)(H2,23,24,27,30). The van der Waals surface area contributed by atoms with Gasteiger partial charge in [-0.2, -0.15) is 0 Å². The molecule has 0 saturated carbocycles. The Morgan fingerprint density at radius 2 is 1.42 bits per heavy atom. The number of benzene rings is 3. The fourth-order valence-electron chi connectivity index (χ4n) is 2.71. The second kappa shape index (κ2) is 9.50. The Morgan fingerprint density at radius 3 is 2.06 bits per heavy atom. The number of nitrogens with one attached hydrogen (secondary N) is 3. The van der Waals surface area contributed by atoms with Gasteiger partial charge >= 0.3 is 0 Å². The number of hydrogen-bond donors (Lipinski definition) is 3. The van der Waals surface area contributed by atoms with Crippen LogP contribution in [0.1, 0.15) is 26.3 Å². The summed E-state index contributed by atoms with van der Waals surface area (Å²) in [6.45, 7) is 1.82. The van der Waals surface area contributed by atoms with E-state index < -0.39 is 15.9 Å². The molecule has 3 rings (SSSR count). The topological polar surface area (TPSA) is 104 Å². The van der Waals surface area contributed by atoms with E-state index in [9.17, 15) is 18.0 Å². The van der Waals surface area contributed by atoms with Crippen molar-refractivity contribution in [1.82, 2.24) is 10.0 Å². The first-order chi connectivity index (χ1) is 14.8. The van der Waals surface area contributed by atoms with Crippen LogP contribution in [0.2, 0.25) is 0 Å². The lowest BCUT2D eigenvalue weighted by Crippen LogP contribution is -2.34. The zero-order chi connectivity index (χ0) is 22.4. The highest BCUT2D eigenvalue weighted by Crippen LogP contribution is 2.15. The van der Waals surface area contributed by atoms with Crippen LogP contribution in [-0.2, 0) is 10.0 Å². The molecule has 158 valence electrons. The molecule has 0 aromatic heterocycles. The van der Waals surface area contributed by atoms with Crippen LogP contribution in [-0.4, -0.2) is 25.3 Å². The number of aryl methyl sites for hydroxylation is 1. The molecule has 0 saturated heterocycles. The summed E-state index contributed by atoms with van der Waals surface area (Å²) in [5.41, 5.74) is 2.03. The van der Waals surface area contributed by atoms with Gasteiger partial charge in [0, 0.05) is 16.8 Å². The number of carbonyl (C=O) groups is 2. The minimum atomic E-state index is -4.04. The molecule has 9 heteroatoms. The lowest BCUT2D eigenvalue weighted by molar-refractivity contribution is 0.0970. The molecule has 0 radical (unpaired) electrons. The number of carbonyl (C=O) groups excluding carboxylic acids is 2. The van der Waals surface area contributed by atoms with Crippen LogP contribution in [0.25, 0.3) is 0 Å². The Kier molecular flexibility index (Phi) is 6.78. The van der Waals surface area contributed by atoms with Crippen molar-refractivity contribution in [3.05, 3.63) is 95.6 Å². The Hall–Kier alpha value is -3.56. The van der Waals surface area contributed by atoms with Crippen LogP contribution in [0, 0.1) is 6.92 Å². The van der Waals surface area contributed by atoms with Gasteiger partial charge in [-0.15, -0.1) is 0 Å². The van der Waals surface area contributed by atoms with Gasteiger partial charge in [0.25, 0.3) is 21.8 Å². The Labute approximate surface area is 185 Å². The maximum Gasteiger partial charge on any atom is 0.264 e. The number of rotatable bonds is 5. The van der Waals surface area contributed by atoms with Crippen molar-refractivity contribution in [2.45, 2.75) is 11.8 Å². The largest absolute Gasteiger partial charge is 0.332 e. The van der Waals surface area contributed by atoms with Crippen molar-refractivity contribution >= 4 is 44.9 Å². The third kappa shape index (κ3) is 5.74. The number of thiocarbonyl (C=S) groups is 1. The summed E-state index contributed by atoms with van der Waals surface area (Å²) in [5, 5.41) is 5.48. The van der Waals surface area contributed by atoms with E-state index in [-0.39, 0.29) is 21.5 Å². The Balaban J connectivity index is 1.63. The highest BCUT2D eigenvalue weighted by Gasteiger charge is 2.18. The first kappa shape index (κ1) is 22.1. The second-order valence-corrected chi connectivity index (χ2v) is 8.64.